The molecule has 6 heteroatoms. The molecule has 31 heavy (non-hydrogen) atoms. The van der Waals surface area contributed by atoms with E-state index in [4.69, 9.17) is 0 Å². The first kappa shape index (κ1) is 19.2. The molecule has 0 bridgehead atoms. The maximum Gasteiger partial charge on any atom is 0.259 e. The molecular formula is C25H23N5O. The topological polar surface area (TPSA) is 65.6 Å². The zero-order valence-corrected chi connectivity index (χ0v) is 17.8. The first-order chi connectivity index (χ1) is 15.0. The molecule has 1 atom stereocenters. The van der Waals surface area contributed by atoms with Crippen molar-refractivity contribution in [2.24, 2.45) is 14.1 Å². The number of nitrogens with zero attached hydrogens (tertiary/aromatic N) is 5. The molecule has 0 saturated carbocycles. The summed E-state index contributed by atoms with van der Waals surface area (Å²) >= 11 is 0. The second-order valence-corrected chi connectivity index (χ2v) is 8.04. The van der Waals surface area contributed by atoms with Gasteiger partial charge in [-0.1, -0.05) is 31.2 Å². The van der Waals surface area contributed by atoms with Gasteiger partial charge in [0.2, 0.25) is 0 Å². The van der Waals surface area contributed by atoms with Crippen LogP contribution in [-0.4, -0.2) is 24.3 Å². The van der Waals surface area contributed by atoms with Crippen molar-refractivity contribution in [1.29, 1.82) is 0 Å². The Morgan fingerprint density at radius 2 is 1.84 bits per heavy atom. The van der Waals surface area contributed by atoms with Crippen LogP contribution in [0.5, 0.6) is 0 Å². The third kappa shape index (κ3) is 3.30. The Morgan fingerprint density at radius 1 is 1.00 bits per heavy atom. The normalized spacial score (nSPS) is 12.5. The van der Waals surface area contributed by atoms with E-state index in [1.54, 1.807) is 21.6 Å². The molecular weight excluding hydrogens is 386 g/mol. The molecule has 0 spiro atoms. The highest BCUT2D eigenvalue weighted by atomic mass is 16.1. The van der Waals surface area contributed by atoms with Crippen LogP contribution in [0.2, 0.25) is 0 Å². The second kappa shape index (κ2) is 7.47. The predicted octanol–water partition coefficient (Wildman–Crippen LogP) is 4.23. The summed E-state index contributed by atoms with van der Waals surface area (Å²) in [6.45, 7) is 2.13. The van der Waals surface area contributed by atoms with Crippen LogP contribution in [-0.2, 0) is 20.5 Å². The average Bonchev–Trinajstić information content (AvgIpc) is 3.22. The van der Waals surface area contributed by atoms with Gasteiger partial charge in [-0.05, 0) is 35.6 Å². The number of pyridine rings is 3. The molecule has 0 unspecified atom stereocenters. The molecule has 0 radical (unpaired) electrons. The molecule has 0 aliphatic carbocycles. The van der Waals surface area contributed by atoms with Crippen molar-refractivity contribution < 1.29 is 0 Å². The van der Waals surface area contributed by atoms with E-state index in [0.29, 0.717) is 6.42 Å². The Hall–Kier alpha value is -3.80. The van der Waals surface area contributed by atoms with Gasteiger partial charge in [-0.2, -0.15) is 5.10 Å². The average molecular weight is 409 g/mol. The molecule has 0 aliphatic heterocycles. The summed E-state index contributed by atoms with van der Waals surface area (Å²) < 4.78 is 3.52. The fourth-order valence-corrected chi connectivity index (χ4v) is 4.35. The van der Waals surface area contributed by atoms with Crippen LogP contribution in [0.15, 0.2) is 72.0 Å². The summed E-state index contributed by atoms with van der Waals surface area (Å²) in [5, 5.41) is 7.00. The van der Waals surface area contributed by atoms with Crippen molar-refractivity contribution in [3.8, 4) is 11.1 Å². The van der Waals surface area contributed by atoms with Crippen LogP contribution >= 0.6 is 0 Å². The van der Waals surface area contributed by atoms with Crippen LogP contribution in [0.4, 0.5) is 0 Å². The largest absolute Gasteiger partial charge is 0.315 e. The van der Waals surface area contributed by atoms with Gasteiger partial charge in [-0.25, -0.2) is 0 Å². The number of rotatable bonds is 4. The van der Waals surface area contributed by atoms with Crippen LogP contribution < -0.4 is 5.56 Å². The summed E-state index contributed by atoms with van der Waals surface area (Å²) in [5.41, 5.74) is 4.70. The second-order valence-electron chi connectivity index (χ2n) is 8.04. The van der Waals surface area contributed by atoms with Crippen molar-refractivity contribution in [3.63, 3.8) is 0 Å². The predicted molar refractivity (Wildman–Crippen MR) is 123 cm³/mol. The lowest BCUT2D eigenvalue weighted by molar-refractivity contribution is 0.658. The molecule has 5 rings (SSSR count). The Bertz CT molecular complexity index is 1480. The molecule has 0 N–H and O–H groups in total. The molecule has 0 aliphatic rings. The first-order valence-electron chi connectivity index (χ1n) is 10.3. The molecule has 0 amide bonds. The van der Waals surface area contributed by atoms with E-state index in [1.165, 1.54) is 0 Å². The van der Waals surface area contributed by atoms with Gasteiger partial charge in [0, 0.05) is 55.2 Å². The molecule has 0 fully saturated rings. The van der Waals surface area contributed by atoms with Gasteiger partial charge in [0.05, 0.1) is 22.8 Å². The maximum absolute atomic E-state index is 13.4. The molecule has 4 aromatic heterocycles. The molecule has 154 valence electrons. The zero-order valence-electron chi connectivity index (χ0n) is 17.8. The van der Waals surface area contributed by atoms with E-state index < -0.39 is 0 Å². The fourth-order valence-electron chi connectivity index (χ4n) is 4.35. The van der Waals surface area contributed by atoms with Gasteiger partial charge in [0.15, 0.2) is 0 Å². The number of aryl methyl sites for hydroxylation is 1. The summed E-state index contributed by atoms with van der Waals surface area (Å²) in [5.74, 6) is 0.101. The molecule has 5 aromatic rings. The zero-order chi connectivity index (χ0) is 21.5. The Labute approximate surface area is 179 Å². The minimum absolute atomic E-state index is 0.00260. The molecule has 6 nitrogen and oxygen atoms in total. The van der Waals surface area contributed by atoms with Crippen LogP contribution in [0.3, 0.4) is 0 Å². The minimum Gasteiger partial charge on any atom is -0.315 e. The van der Waals surface area contributed by atoms with Crippen LogP contribution in [0.1, 0.15) is 24.2 Å². The Balaban J connectivity index is 1.61. The van der Waals surface area contributed by atoms with E-state index in [-0.39, 0.29) is 11.5 Å². The lowest BCUT2D eigenvalue weighted by atomic mass is 9.95. The highest BCUT2D eigenvalue weighted by Crippen LogP contribution is 2.29. The van der Waals surface area contributed by atoms with Crippen molar-refractivity contribution in [2.45, 2.75) is 19.3 Å². The Kier molecular flexibility index (Phi) is 4.62. The smallest absolute Gasteiger partial charge is 0.259 e. The molecule has 0 saturated heterocycles. The van der Waals surface area contributed by atoms with E-state index in [2.05, 4.69) is 28.1 Å². The van der Waals surface area contributed by atoms with Crippen molar-refractivity contribution in [3.05, 3.63) is 89.0 Å². The quantitative estimate of drug-likeness (QED) is 0.446. The van der Waals surface area contributed by atoms with Gasteiger partial charge >= 0.3 is 0 Å². The van der Waals surface area contributed by atoms with Gasteiger partial charge in [0.1, 0.15) is 0 Å². The molecule has 1 aromatic carbocycles. The van der Waals surface area contributed by atoms with E-state index >= 15 is 0 Å². The summed E-state index contributed by atoms with van der Waals surface area (Å²) in [4.78, 5) is 22.5. The van der Waals surface area contributed by atoms with Crippen LogP contribution in [0.25, 0.3) is 32.8 Å². The SMILES string of the molecule is C[C@H](Cc1nccc2cccnc12)c1cc2cccc(-c3cnn(C)c3)c2c(=O)n1C. The fraction of sp³-hybridized carbons (Fsp3) is 0.200. The van der Waals surface area contributed by atoms with Crippen molar-refractivity contribution in [2.75, 3.05) is 0 Å². The lowest BCUT2D eigenvalue weighted by Gasteiger charge is -2.18. The van der Waals surface area contributed by atoms with Gasteiger partial charge in [-0.3, -0.25) is 19.4 Å². The van der Waals surface area contributed by atoms with Crippen LogP contribution in [0, 0.1) is 0 Å². The number of hydrogen-bond donors (Lipinski definition) is 0. The highest BCUT2D eigenvalue weighted by Gasteiger charge is 2.18. The van der Waals surface area contributed by atoms with Crippen molar-refractivity contribution in [1.82, 2.24) is 24.3 Å². The number of hydrogen-bond acceptors (Lipinski definition) is 4. The van der Waals surface area contributed by atoms with Crippen molar-refractivity contribution >= 4 is 21.7 Å². The van der Waals surface area contributed by atoms with Gasteiger partial charge < -0.3 is 4.57 Å². The maximum atomic E-state index is 13.4. The third-order valence-electron chi connectivity index (χ3n) is 5.92. The molecule has 4 heterocycles. The first-order valence-corrected chi connectivity index (χ1v) is 10.3. The van der Waals surface area contributed by atoms with Gasteiger partial charge in [-0.15, -0.1) is 0 Å². The minimum atomic E-state index is 0.00260. The summed E-state index contributed by atoms with van der Waals surface area (Å²) in [6.07, 6.45) is 8.05. The van der Waals surface area contributed by atoms with Gasteiger partial charge in [0.25, 0.3) is 5.56 Å². The summed E-state index contributed by atoms with van der Waals surface area (Å²) in [6, 6.07) is 14.1. The Morgan fingerprint density at radius 3 is 2.65 bits per heavy atom. The third-order valence-corrected chi connectivity index (χ3v) is 5.92. The lowest BCUT2D eigenvalue weighted by Crippen LogP contribution is -2.23. The highest BCUT2D eigenvalue weighted by molar-refractivity contribution is 5.96. The van der Waals surface area contributed by atoms with E-state index in [1.807, 2.05) is 62.9 Å². The monoisotopic (exact) mass is 409 g/mol. The summed E-state index contributed by atoms with van der Waals surface area (Å²) in [7, 11) is 3.73. The van der Waals surface area contributed by atoms with E-state index in [0.717, 1.165) is 44.2 Å². The number of benzene rings is 1. The standard InChI is InChI=1S/C25H23N5O/c1-16(12-21-24-17(9-11-26-21)7-5-10-27-24)22-13-18-6-4-8-20(19-14-28-29(2)15-19)23(18)25(31)30(22)3/h4-11,13-16H,12H2,1-3H3/t16-/m1/s1. The number of fused-ring (bicyclic) bond motifs is 2. The van der Waals surface area contributed by atoms with E-state index in [9.17, 15) is 4.79 Å². The number of aromatic nitrogens is 5.